The van der Waals surface area contributed by atoms with E-state index >= 15 is 0 Å². The van der Waals surface area contributed by atoms with Gasteiger partial charge in [0.2, 0.25) is 24.2 Å². The van der Waals surface area contributed by atoms with Crippen molar-refractivity contribution in [1.29, 1.82) is 0 Å². The number of amides is 1. The summed E-state index contributed by atoms with van der Waals surface area (Å²) >= 11 is 0. The number of rotatable bonds is 3. The van der Waals surface area contributed by atoms with Crippen molar-refractivity contribution in [3.63, 3.8) is 0 Å². The van der Waals surface area contributed by atoms with Crippen molar-refractivity contribution in [2.45, 2.75) is 12.3 Å². The van der Waals surface area contributed by atoms with Crippen LogP contribution in [0.5, 0.6) is 23.0 Å². The number of carbonyl (C=O) groups excluding carboxylic acids is 1. The second kappa shape index (κ2) is 5.08. The standard InChI is InChI=1S/C15H15N3O5/c1-20-12-8(3-10-13(14(12)21-2)23-6-22-10)7-4-11(19)17-15-9(7)5-16-18-15/h3,5,7H,4,6H2,1-2H3,(H2,16,17,18,19). The summed E-state index contributed by atoms with van der Waals surface area (Å²) in [5.74, 6) is 2.39. The van der Waals surface area contributed by atoms with E-state index in [2.05, 4.69) is 15.5 Å². The molecule has 0 fully saturated rings. The third-order valence-corrected chi connectivity index (χ3v) is 4.08. The molecule has 3 heterocycles. The SMILES string of the molecule is COc1c(C2CC(=O)Nc3[nH]ncc32)cc2c(c1OC)OCO2. The summed E-state index contributed by atoms with van der Waals surface area (Å²) in [4.78, 5) is 12.0. The van der Waals surface area contributed by atoms with E-state index in [9.17, 15) is 4.79 Å². The molecule has 4 rings (SSSR count). The molecule has 0 radical (unpaired) electrons. The molecule has 1 aromatic carbocycles. The maximum Gasteiger partial charge on any atom is 0.231 e. The lowest BCUT2D eigenvalue weighted by Gasteiger charge is -2.25. The Balaban J connectivity index is 1.92. The highest BCUT2D eigenvalue weighted by atomic mass is 16.7. The third kappa shape index (κ3) is 1.98. The second-order valence-corrected chi connectivity index (χ2v) is 5.27. The third-order valence-electron chi connectivity index (χ3n) is 4.08. The first-order valence-corrected chi connectivity index (χ1v) is 7.10. The Labute approximate surface area is 131 Å². The highest BCUT2D eigenvalue weighted by molar-refractivity contribution is 5.94. The monoisotopic (exact) mass is 317 g/mol. The quantitative estimate of drug-likeness (QED) is 0.893. The van der Waals surface area contributed by atoms with Crippen molar-refractivity contribution in [3.8, 4) is 23.0 Å². The van der Waals surface area contributed by atoms with Crippen LogP contribution in [0.2, 0.25) is 0 Å². The summed E-state index contributed by atoms with van der Waals surface area (Å²) in [7, 11) is 3.10. The number of H-pyrrole nitrogens is 1. The number of aromatic amines is 1. The molecule has 0 spiro atoms. The largest absolute Gasteiger partial charge is 0.492 e. The Bertz CT molecular complexity index is 786. The fraction of sp³-hybridized carbons (Fsp3) is 0.333. The average molecular weight is 317 g/mol. The lowest BCUT2D eigenvalue weighted by atomic mass is 9.86. The molecule has 120 valence electrons. The summed E-state index contributed by atoms with van der Waals surface area (Å²) in [6, 6.07) is 1.84. The van der Waals surface area contributed by atoms with Gasteiger partial charge >= 0.3 is 0 Å². The number of methoxy groups -OCH3 is 2. The van der Waals surface area contributed by atoms with E-state index in [1.807, 2.05) is 6.07 Å². The van der Waals surface area contributed by atoms with Gasteiger partial charge in [-0.15, -0.1) is 0 Å². The zero-order valence-corrected chi connectivity index (χ0v) is 12.6. The van der Waals surface area contributed by atoms with Crippen molar-refractivity contribution < 1.29 is 23.7 Å². The molecule has 0 aliphatic carbocycles. The van der Waals surface area contributed by atoms with Crippen molar-refractivity contribution in [2.24, 2.45) is 0 Å². The number of aromatic nitrogens is 2. The zero-order chi connectivity index (χ0) is 16.0. The molecular formula is C15H15N3O5. The average Bonchev–Trinajstić information content (AvgIpc) is 3.20. The molecule has 2 aliphatic heterocycles. The molecule has 2 aromatic rings. The van der Waals surface area contributed by atoms with Crippen LogP contribution >= 0.6 is 0 Å². The van der Waals surface area contributed by atoms with Crippen LogP contribution in [0.25, 0.3) is 0 Å². The molecule has 8 nitrogen and oxygen atoms in total. The predicted molar refractivity (Wildman–Crippen MR) is 79.3 cm³/mol. The Morgan fingerprint density at radius 3 is 2.83 bits per heavy atom. The maximum absolute atomic E-state index is 12.0. The first-order chi connectivity index (χ1) is 11.2. The minimum absolute atomic E-state index is 0.0922. The Kier molecular flexibility index (Phi) is 3.03. The van der Waals surface area contributed by atoms with Crippen LogP contribution in [0.4, 0.5) is 5.82 Å². The maximum atomic E-state index is 12.0. The van der Waals surface area contributed by atoms with E-state index in [0.717, 1.165) is 11.1 Å². The van der Waals surface area contributed by atoms with Gasteiger partial charge < -0.3 is 24.3 Å². The molecule has 1 amide bonds. The highest BCUT2D eigenvalue weighted by Crippen LogP contribution is 2.53. The number of hydrogen-bond donors (Lipinski definition) is 2. The molecule has 1 atom stereocenters. The van der Waals surface area contributed by atoms with Gasteiger partial charge in [0.05, 0.1) is 20.4 Å². The summed E-state index contributed by atoms with van der Waals surface area (Å²) in [6.45, 7) is 0.125. The van der Waals surface area contributed by atoms with Crippen LogP contribution in [0, 0.1) is 0 Å². The van der Waals surface area contributed by atoms with Crippen molar-refractivity contribution in [3.05, 3.63) is 23.4 Å². The predicted octanol–water partition coefficient (Wildman–Crippen LogP) is 1.63. The van der Waals surface area contributed by atoms with Crippen LogP contribution in [0.3, 0.4) is 0 Å². The lowest BCUT2D eigenvalue weighted by Crippen LogP contribution is -2.23. The summed E-state index contributed by atoms with van der Waals surface area (Å²) in [5.41, 5.74) is 1.69. The second-order valence-electron chi connectivity index (χ2n) is 5.27. The molecule has 23 heavy (non-hydrogen) atoms. The summed E-state index contributed by atoms with van der Waals surface area (Å²) in [5, 5.41) is 9.59. The fourth-order valence-electron chi connectivity index (χ4n) is 3.09. The lowest BCUT2D eigenvalue weighted by molar-refractivity contribution is -0.116. The van der Waals surface area contributed by atoms with Crippen LogP contribution in [0.15, 0.2) is 12.3 Å². The first-order valence-electron chi connectivity index (χ1n) is 7.10. The van der Waals surface area contributed by atoms with E-state index in [1.54, 1.807) is 20.4 Å². The summed E-state index contributed by atoms with van der Waals surface area (Å²) < 4.78 is 21.9. The molecule has 0 saturated carbocycles. The van der Waals surface area contributed by atoms with Gasteiger partial charge in [-0.3, -0.25) is 9.89 Å². The van der Waals surface area contributed by atoms with Gasteiger partial charge in [-0.1, -0.05) is 0 Å². The molecule has 2 N–H and O–H groups in total. The first kappa shape index (κ1) is 13.7. The number of hydrogen-bond acceptors (Lipinski definition) is 6. The van der Waals surface area contributed by atoms with Gasteiger partial charge in [0.1, 0.15) is 5.82 Å². The van der Waals surface area contributed by atoms with E-state index in [1.165, 1.54) is 0 Å². The number of carbonyl (C=O) groups is 1. The van der Waals surface area contributed by atoms with Gasteiger partial charge in [-0.05, 0) is 6.07 Å². The number of ether oxygens (including phenoxy) is 4. The van der Waals surface area contributed by atoms with Crippen LogP contribution in [0.1, 0.15) is 23.5 Å². The van der Waals surface area contributed by atoms with Gasteiger partial charge in [-0.2, -0.15) is 5.10 Å². The Hall–Kier alpha value is -2.90. The van der Waals surface area contributed by atoms with Crippen molar-refractivity contribution >= 4 is 11.7 Å². The summed E-state index contributed by atoms with van der Waals surface area (Å²) in [6.07, 6.45) is 1.99. The van der Waals surface area contributed by atoms with Gasteiger partial charge in [-0.25, -0.2) is 0 Å². The normalized spacial score (nSPS) is 18.3. The van der Waals surface area contributed by atoms with Crippen LogP contribution < -0.4 is 24.3 Å². The minimum Gasteiger partial charge on any atom is -0.492 e. The number of nitrogens with one attached hydrogen (secondary N) is 2. The molecule has 0 bridgehead atoms. The van der Waals surface area contributed by atoms with E-state index < -0.39 is 0 Å². The number of benzene rings is 1. The van der Waals surface area contributed by atoms with E-state index in [4.69, 9.17) is 18.9 Å². The van der Waals surface area contributed by atoms with Crippen LogP contribution in [-0.4, -0.2) is 37.1 Å². The molecule has 2 aliphatic rings. The smallest absolute Gasteiger partial charge is 0.231 e. The molecule has 0 saturated heterocycles. The minimum atomic E-state index is -0.212. The van der Waals surface area contributed by atoms with Crippen molar-refractivity contribution in [2.75, 3.05) is 26.3 Å². The Morgan fingerprint density at radius 2 is 2.04 bits per heavy atom. The van der Waals surface area contributed by atoms with Crippen molar-refractivity contribution in [1.82, 2.24) is 10.2 Å². The van der Waals surface area contributed by atoms with Crippen LogP contribution in [-0.2, 0) is 4.79 Å². The molecular weight excluding hydrogens is 302 g/mol. The molecule has 8 heteroatoms. The van der Waals surface area contributed by atoms with Gasteiger partial charge in [0.25, 0.3) is 0 Å². The zero-order valence-electron chi connectivity index (χ0n) is 12.6. The highest BCUT2D eigenvalue weighted by Gasteiger charge is 2.34. The van der Waals surface area contributed by atoms with E-state index in [0.29, 0.717) is 28.8 Å². The molecule has 1 unspecified atom stereocenters. The number of fused-ring (bicyclic) bond motifs is 2. The Morgan fingerprint density at radius 1 is 1.22 bits per heavy atom. The number of nitrogens with zero attached hydrogens (tertiary/aromatic N) is 1. The molecule has 1 aromatic heterocycles. The number of anilines is 1. The topological polar surface area (TPSA) is 94.7 Å². The van der Waals surface area contributed by atoms with Gasteiger partial charge in [0, 0.05) is 23.5 Å². The van der Waals surface area contributed by atoms with E-state index in [-0.39, 0.29) is 25.0 Å². The fourth-order valence-corrected chi connectivity index (χ4v) is 3.09. The van der Waals surface area contributed by atoms with Gasteiger partial charge in [0.15, 0.2) is 11.5 Å².